The van der Waals surface area contributed by atoms with Gasteiger partial charge in [-0.1, -0.05) is 40.0 Å². The maximum absolute atomic E-state index is 8.12. The number of rotatable bonds is 1. The molecule has 0 amide bonds. The predicted molar refractivity (Wildman–Crippen MR) is 89.5 cm³/mol. The summed E-state index contributed by atoms with van der Waals surface area (Å²) in [4.78, 5) is 7.96. The van der Waals surface area contributed by atoms with Crippen LogP contribution >= 0.6 is 0 Å². The fourth-order valence-electron chi connectivity index (χ4n) is 3.62. The maximum atomic E-state index is 8.12. The molecule has 0 saturated heterocycles. The van der Waals surface area contributed by atoms with E-state index in [0.717, 1.165) is 41.2 Å². The van der Waals surface area contributed by atoms with Crippen LogP contribution in [0.5, 0.6) is 0 Å². The monoisotopic (exact) mass is 281 g/mol. The molecular weight excluding hydrogens is 258 g/mol. The normalized spacial score (nSPS) is 23.8. The molecule has 110 valence electrons. The van der Waals surface area contributed by atoms with Crippen molar-refractivity contribution in [3.8, 4) is 0 Å². The van der Waals surface area contributed by atoms with Gasteiger partial charge in [0, 0.05) is 11.8 Å². The van der Waals surface area contributed by atoms with Gasteiger partial charge >= 0.3 is 0 Å². The molecule has 21 heavy (non-hydrogen) atoms. The van der Waals surface area contributed by atoms with Gasteiger partial charge in [-0.2, -0.15) is 0 Å². The van der Waals surface area contributed by atoms with Crippen LogP contribution in [-0.4, -0.2) is 16.5 Å². The lowest BCUT2D eigenvalue weighted by molar-refractivity contribution is 0.513. The van der Waals surface area contributed by atoms with E-state index < -0.39 is 0 Å². The Kier molecular flexibility index (Phi) is 3.05. The summed E-state index contributed by atoms with van der Waals surface area (Å²) in [6, 6.07) is 0. The lowest BCUT2D eigenvalue weighted by Gasteiger charge is -2.32. The zero-order valence-electron chi connectivity index (χ0n) is 13.1. The molecule has 0 bridgehead atoms. The highest BCUT2D eigenvalue weighted by Gasteiger charge is 2.37. The first-order valence-corrected chi connectivity index (χ1v) is 7.61. The van der Waals surface area contributed by atoms with Gasteiger partial charge in [0.15, 0.2) is 0 Å². The van der Waals surface area contributed by atoms with E-state index in [1.165, 1.54) is 11.1 Å². The summed E-state index contributed by atoms with van der Waals surface area (Å²) in [5.41, 5.74) is 4.46. The standard InChI is InChI=1S/C18H23N3/c1-6-12-7-13-9-18(4,5)15-10(2)11(3)20-17(15)16(13)21-14(19)8-12/h7,12,19-20H,2-3,6,8-9H2,1,4-5H3. The van der Waals surface area contributed by atoms with Crippen molar-refractivity contribution >= 4 is 24.7 Å². The number of nitrogens with zero attached hydrogens (tertiary/aromatic N) is 1. The first-order valence-electron chi connectivity index (χ1n) is 7.61. The van der Waals surface area contributed by atoms with E-state index in [4.69, 9.17) is 5.41 Å². The van der Waals surface area contributed by atoms with Crippen molar-refractivity contribution in [2.75, 3.05) is 0 Å². The average Bonchev–Trinajstić information content (AvgIpc) is 2.60. The van der Waals surface area contributed by atoms with Crippen molar-refractivity contribution < 1.29 is 0 Å². The Balaban J connectivity index is 2.30. The van der Waals surface area contributed by atoms with E-state index in [1.807, 2.05) is 0 Å². The zero-order valence-corrected chi connectivity index (χ0v) is 13.1. The molecule has 1 unspecified atom stereocenters. The largest absolute Gasteiger partial charge is 0.353 e. The van der Waals surface area contributed by atoms with Gasteiger partial charge in [-0.05, 0) is 40.5 Å². The van der Waals surface area contributed by atoms with Gasteiger partial charge in [0.25, 0.3) is 0 Å². The lowest BCUT2D eigenvalue weighted by Crippen LogP contribution is -2.35. The van der Waals surface area contributed by atoms with Gasteiger partial charge in [-0.3, -0.25) is 5.41 Å². The first-order chi connectivity index (χ1) is 9.83. The highest BCUT2D eigenvalue weighted by molar-refractivity contribution is 6.18. The molecule has 1 aromatic heterocycles. The van der Waals surface area contributed by atoms with Crippen molar-refractivity contribution in [3.63, 3.8) is 0 Å². The molecule has 0 aromatic carbocycles. The van der Waals surface area contributed by atoms with Crippen molar-refractivity contribution in [1.82, 2.24) is 4.98 Å². The van der Waals surface area contributed by atoms with Crippen LogP contribution in [0.3, 0.4) is 0 Å². The zero-order chi connectivity index (χ0) is 15.4. The number of allylic oxidation sites excluding steroid dienone is 2. The third-order valence-corrected chi connectivity index (χ3v) is 4.71. The van der Waals surface area contributed by atoms with E-state index in [-0.39, 0.29) is 5.41 Å². The van der Waals surface area contributed by atoms with E-state index in [0.29, 0.717) is 11.8 Å². The van der Waals surface area contributed by atoms with Crippen LogP contribution in [0.25, 0.3) is 13.2 Å². The number of nitrogens with one attached hydrogen (secondary N) is 2. The SMILES string of the molecule is C=c1[nH]c2c(c1=C)C(C)(C)CC1=CC(CC)CC(=N)N=C12. The second kappa shape index (κ2) is 4.55. The van der Waals surface area contributed by atoms with Gasteiger partial charge in [0.2, 0.25) is 0 Å². The lowest BCUT2D eigenvalue weighted by atomic mass is 9.71. The highest BCUT2D eigenvalue weighted by atomic mass is 14.9. The molecule has 0 spiro atoms. The molecule has 2 N–H and O–H groups in total. The number of aliphatic imine (C=N–C) groups is 1. The van der Waals surface area contributed by atoms with Gasteiger partial charge < -0.3 is 4.98 Å². The van der Waals surface area contributed by atoms with Crippen LogP contribution in [0.15, 0.2) is 16.6 Å². The minimum atomic E-state index is 0.0224. The van der Waals surface area contributed by atoms with Crippen molar-refractivity contribution in [2.24, 2.45) is 10.9 Å². The van der Waals surface area contributed by atoms with Crippen LogP contribution in [0.2, 0.25) is 0 Å². The molecule has 0 radical (unpaired) electrons. The maximum Gasteiger partial charge on any atom is 0.121 e. The Bertz CT molecular complexity index is 774. The van der Waals surface area contributed by atoms with Crippen LogP contribution in [0.1, 0.15) is 51.3 Å². The topological polar surface area (TPSA) is 52.0 Å². The Morgan fingerprint density at radius 3 is 2.81 bits per heavy atom. The summed E-state index contributed by atoms with van der Waals surface area (Å²) < 4.78 is 0. The molecule has 3 nitrogen and oxygen atoms in total. The Morgan fingerprint density at radius 2 is 2.14 bits per heavy atom. The van der Waals surface area contributed by atoms with Crippen LogP contribution in [0.4, 0.5) is 0 Å². The van der Waals surface area contributed by atoms with Gasteiger partial charge in [0.05, 0.1) is 11.4 Å². The summed E-state index contributed by atoms with van der Waals surface area (Å²) in [5.74, 6) is 0.888. The smallest absolute Gasteiger partial charge is 0.121 e. The molecule has 2 heterocycles. The number of amidine groups is 1. The summed E-state index contributed by atoms with van der Waals surface area (Å²) in [6.07, 6.45) is 5.06. The molecule has 1 atom stereocenters. The summed E-state index contributed by atoms with van der Waals surface area (Å²) in [5, 5.41) is 9.97. The molecule has 0 saturated carbocycles. The fraction of sp³-hybridized carbons (Fsp3) is 0.444. The first kappa shape index (κ1) is 14.1. The second-order valence-corrected chi connectivity index (χ2v) is 6.86. The number of hydrogen-bond acceptors (Lipinski definition) is 1. The minimum absolute atomic E-state index is 0.0224. The molecule has 3 rings (SSSR count). The van der Waals surface area contributed by atoms with E-state index in [1.54, 1.807) is 0 Å². The molecule has 1 aliphatic carbocycles. The molecular formula is C18H23N3. The van der Waals surface area contributed by atoms with Crippen LogP contribution in [-0.2, 0) is 5.41 Å². The Hall–Kier alpha value is -1.90. The molecule has 0 fully saturated rings. The number of aromatic nitrogens is 1. The number of hydrogen-bond donors (Lipinski definition) is 2. The number of H-pyrrole nitrogens is 1. The molecule has 3 heteroatoms. The van der Waals surface area contributed by atoms with Crippen molar-refractivity contribution in [3.05, 3.63) is 33.5 Å². The predicted octanol–water partition coefficient (Wildman–Crippen LogP) is 2.64. The van der Waals surface area contributed by atoms with E-state index in [2.05, 4.69) is 50.0 Å². The van der Waals surface area contributed by atoms with Crippen LogP contribution < -0.4 is 10.6 Å². The van der Waals surface area contributed by atoms with Gasteiger partial charge in [-0.15, -0.1) is 0 Å². The number of aromatic amines is 1. The molecule has 2 aliphatic rings. The van der Waals surface area contributed by atoms with E-state index in [9.17, 15) is 0 Å². The van der Waals surface area contributed by atoms with Gasteiger partial charge in [-0.25, -0.2) is 4.99 Å². The summed E-state index contributed by atoms with van der Waals surface area (Å²) in [6.45, 7) is 14.9. The minimum Gasteiger partial charge on any atom is -0.353 e. The van der Waals surface area contributed by atoms with Crippen molar-refractivity contribution in [2.45, 2.75) is 45.4 Å². The second-order valence-electron chi connectivity index (χ2n) is 6.86. The van der Waals surface area contributed by atoms with Crippen molar-refractivity contribution in [1.29, 1.82) is 5.41 Å². The molecule has 1 aliphatic heterocycles. The Morgan fingerprint density at radius 1 is 1.43 bits per heavy atom. The Labute approximate surface area is 125 Å². The van der Waals surface area contributed by atoms with Gasteiger partial charge in [0.1, 0.15) is 5.84 Å². The summed E-state index contributed by atoms with van der Waals surface area (Å²) in [7, 11) is 0. The van der Waals surface area contributed by atoms with E-state index >= 15 is 0 Å². The molecule has 1 aromatic rings. The third-order valence-electron chi connectivity index (χ3n) is 4.71. The summed E-state index contributed by atoms with van der Waals surface area (Å²) >= 11 is 0. The third kappa shape index (κ3) is 2.11. The average molecular weight is 281 g/mol. The quantitative estimate of drug-likeness (QED) is 0.795. The van der Waals surface area contributed by atoms with Crippen LogP contribution in [0, 0.1) is 11.3 Å². The fourth-order valence-corrected chi connectivity index (χ4v) is 3.62. The number of fused-ring (bicyclic) bond motifs is 3. The highest BCUT2D eigenvalue weighted by Crippen LogP contribution is 2.38.